The zero-order chi connectivity index (χ0) is 24.2. The van der Waals surface area contributed by atoms with E-state index >= 15 is 0 Å². The van der Waals surface area contributed by atoms with Gasteiger partial charge >= 0.3 is 5.97 Å². The SMILES string of the molecule is CCOC(=O)C(C)(C)Oc1c(C)cc(C[C@H]2CNCC2C(=O)c2ccc(SC)cc2)cc1C. The average Bonchev–Trinajstić information content (AvgIpc) is 3.24. The molecule has 1 heterocycles. The maximum Gasteiger partial charge on any atom is 0.349 e. The number of ketones is 1. The first-order valence-corrected chi connectivity index (χ1v) is 12.7. The number of benzene rings is 2. The van der Waals surface area contributed by atoms with Gasteiger partial charge in [-0.3, -0.25) is 4.79 Å². The van der Waals surface area contributed by atoms with Crippen molar-refractivity contribution in [2.75, 3.05) is 26.0 Å². The number of carbonyl (C=O) groups excluding carboxylic acids is 2. The van der Waals surface area contributed by atoms with E-state index in [2.05, 4.69) is 17.4 Å². The summed E-state index contributed by atoms with van der Waals surface area (Å²) in [7, 11) is 0. The highest BCUT2D eigenvalue weighted by atomic mass is 32.2. The lowest BCUT2D eigenvalue weighted by molar-refractivity contribution is -0.158. The van der Waals surface area contributed by atoms with Gasteiger partial charge in [-0.25, -0.2) is 4.79 Å². The molecule has 0 aliphatic carbocycles. The molecule has 1 aliphatic heterocycles. The lowest BCUT2D eigenvalue weighted by Crippen LogP contribution is -2.40. The predicted octanol–water partition coefficient (Wildman–Crippen LogP) is 5.01. The summed E-state index contributed by atoms with van der Waals surface area (Å²) in [4.78, 5) is 26.6. The minimum atomic E-state index is -1.06. The van der Waals surface area contributed by atoms with Crippen LogP contribution in [0.5, 0.6) is 5.75 Å². The molecule has 0 radical (unpaired) electrons. The molecule has 1 aliphatic rings. The number of thioether (sulfide) groups is 1. The van der Waals surface area contributed by atoms with Crippen LogP contribution >= 0.6 is 11.8 Å². The number of esters is 1. The van der Waals surface area contributed by atoms with E-state index in [4.69, 9.17) is 9.47 Å². The van der Waals surface area contributed by atoms with E-state index < -0.39 is 5.60 Å². The van der Waals surface area contributed by atoms with Crippen LogP contribution in [0.1, 0.15) is 47.8 Å². The minimum absolute atomic E-state index is 0.0376. The van der Waals surface area contributed by atoms with E-state index in [9.17, 15) is 9.59 Å². The summed E-state index contributed by atoms with van der Waals surface area (Å²) in [6.07, 6.45) is 2.85. The van der Waals surface area contributed by atoms with Crippen molar-refractivity contribution in [1.29, 1.82) is 0 Å². The quantitative estimate of drug-likeness (QED) is 0.317. The topological polar surface area (TPSA) is 64.6 Å². The van der Waals surface area contributed by atoms with Gasteiger partial charge in [-0.05, 0) is 88.6 Å². The number of aryl methyl sites for hydroxylation is 2. The molecule has 0 saturated carbocycles. The molecule has 178 valence electrons. The van der Waals surface area contributed by atoms with Gasteiger partial charge in [-0.15, -0.1) is 11.8 Å². The summed E-state index contributed by atoms with van der Waals surface area (Å²) >= 11 is 1.68. The minimum Gasteiger partial charge on any atom is -0.476 e. The van der Waals surface area contributed by atoms with E-state index in [1.54, 1.807) is 32.5 Å². The number of rotatable bonds is 9. The third-order valence-electron chi connectivity index (χ3n) is 6.19. The summed E-state index contributed by atoms with van der Waals surface area (Å²) in [5.74, 6) is 0.741. The Bertz CT molecular complexity index is 977. The maximum absolute atomic E-state index is 13.2. The molecule has 1 saturated heterocycles. The molecule has 5 nitrogen and oxygen atoms in total. The van der Waals surface area contributed by atoms with E-state index in [-0.39, 0.29) is 23.6 Å². The summed E-state index contributed by atoms with van der Waals surface area (Å²) in [5, 5.41) is 3.41. The predicted molar refractivity (Wildman–Crippen MR) is 133 cm³/mol. The molecule has 2 atom stereocenters. The van der Waals surface area contributed by atoms with E-state index in [1.807, 2.05) is 44.4 Å². The van der Waals surface area contributed by atoms with Crippen molar-refractivity contribution >= 4 is 23.5 Å². The molecule has 0 bridgehead atoms. The van der Waals surface area contributed by atoms with E-state index in [0.717, 1.165) is 34.6 Å². The first-order valence-electron chi connectivity index (χ1n) is 11.5. The Labute approximate surface area is 201 Å². The maximum atomic E-state index is 13.2. The second-order valence-electron chi connectivity index (χ2n) is 9.21. The van der Waals surface area contributed by atoms with Gasteiger partial charge < -0.3 is 14.8 Å². The number of Topliss-reactive ketones (excluding diaryl/α,β-unsaturated/α-hetero) is 1. The molecule has 1 fully saturated rings. The highest BCUT2D eigenvalue weighted by Gasteiger charge is 2.35. The number of carbonyl (C=O) groups is 2. The Morgan fingerprint density at radius 2 is 1.73 bits per heavy atom. The fourth-order valence-electron chi connectivity index (χ4n) is 4.45. The zero-order valence-corrected chi connectivity index (χ0v) is 21.3. The van der Waals surface area contributed by atoms with E-state index in [1.165, 1.54) is 5.56 Å². The van der Waals surface area contributed by atoms with Crippen molar-refractivity contribution < 1.29 is 19.1 Å². The van der Waals surface area contributed by atoms with Gasteiger partial charge in [0.1, 0.15) is 5.75 Å². The molecular formula is C27H35NO4S. The molecule has 2 aromatic carbocycles. The van der Waals surface area contributed by atoms with Gasteiger partial charge in [0.25, 0.3) is 0 Å². The number of nitrogens with one attached hydrogen (secondary N) is 1. The van der Waals surface area contributed by atoms with E-state index in [0.29, 0.717) is 18.9 Å². The molecule has 33 heavy (non-hydrogen) atoms. The van der Waals surface area contributed by atoms with Crippen LogP contribution in [0.15, 0.2) is 41.3 Å². The molecule has 1 N–H and O–H groups in total. The monoisotopic (exact) mass is 469 g/mol. The summed E-state index contributed by atoms with van der Waals surface area (Å²) < 4.78 is 11.2. The molecule has 6 heteroatoms. The molecule has 0 aromatic heterocycles. The van der Waals surface area contributed by atoms with Crippen LogP contribution in [0.25, 0.3) is 0 Å². The lowest BCUT2D eigenvalue weighted by atomic mass is 9.84. The van der Waals surface area contributed by atoms with Crippen LogP contribution in [0, 0.1) is 25.7 Å². The standard InChI is InChI=1S/C27H35NO4S/c1-7-31-26(30)27(4,5)32-25-17(2)12-19(13-18(25)3)14-21-15-28-16-23(21)24(29)20-8-10-22(33-6)11-9-20/h8-13,21,23,28H,7,14-16H2,1-6H3/t21-,23?/m0/s1. The second-order valence-corrected chi connectivity index (χ2v) is 10.1. The molecule has 0 amide bonds. The van der Waals surface area contributed by atoms with Gasteiger partial charge in [0.2, 0.25) is 0 Å². The molecular weight excluding hydrogens is 434 g/mol. The Morgan fingerprint density at radius 1 is 1.09 bits per heavy atom. The van der Waals surface area contributed by atoms with Crippen LogP contribution in [-0.2, 0) is 16.0 Å². The first-order chi connectivity index (χ1) is 15.7. The summed E-state index contributed by atoms with van der Waals surface area (Å²) in [5.41, 5.74) is 2.85. The average molecular weight is 470 g/mol. The fraction of sp³-hybridized carbons (Fsp3) is 0.481. The third kappa shape index (κ3) is 5.98. The first kappa shape index (κ1) is 25.3. The van der Waals surface area contributed by atoms with Gasteiger partial charge in [0, 0.05) is 22.9 Å². The Hall–Kier alpha value is -2.31. The molecule has 1 unspecified atom stereocenters. The number of hydrogen-bond acceptors (Lipinski definition) is 6. The fourth-order valence-corrected chi connectivity index (χ4v) is 4.86. The van der Waals surface area contributed by atoms with Crippen molar-refractivity contribution in [3.05, 3.63) is 58.7 Å². The van der Waals surface area contributed by atoms with Crippen molar-refractivity contribution in [3.63, 3.8) is 0 Å². The largest absolute Gasteiger partial charge is 0.476 e. The van der Waals surface area contributed by atoms with Crippen molar-refractivity contribution in [3.8, 4) is 5.75 Å². The van der Waals surface area contributed by atoms with Crippen molar-refractivity contribution in [2.45, 2.75) is 51.5 Å². The van der Waals surface area contributed by atoms with Crippen LogP contribution in [0.4, 0.5) is 0 Å². The highest BCUT2D eigenvalue weighted by Crippen LogP contribution is 2.32. The normalized spacial score (nSPS) is 18.2. The van der Waals surface area contributed by atoms with Crippen LogP contribution in [0.2, 0.25) is 0 Å². The Kier molecular flexibility index (Phi) is 8.24. The third-order valence-corrected chi connectivity index (χ3v) is 6.94. The van der Waals surface area contributed by atoms with Crippen molar-refractivity contribution in [1.82, 2.24) is 5.32 Å². The molecule has 3 rings (SSSR count). The van der Waals surface area contributed by atoms with Gasteiger partial charge in [0.05, 0.1) is 6.61 Å². The van der Waals surface area contributed by atoms with Crippen LogP contribution in [0.3, 0.4) is 0 Å². The zero-order valence-electron chi connectivity index (χ0n) is 20.5. The Morgan fingerprint density at radius 3 is 2.30 bits per heavy atom. The Balaban J connectivity index is 1.74. The van der Waals surface area contributed by atoms with Gasteiger partial charge in [-0.2, -0.15) is 0 Å². The highest BCUT2D eigenvalue weighted by molar-refractivity contribution is 7.98. The number of ether oxygens (including phenoxy) is 2. The smallest absolute Gasteiger partial charge is 0.349 e. The summed E-state index contributed by atoms with van der Waals surface area (Å²) in [6.45, 7) is 11.1. The van der Waals surface area contributed by atoms with Gasteiger partial charge in [0.15, 0.2) is 11.4 Å². The second kappa shape index (κ2) is 10.7. The van der Waals surface area contributed by atoms with Crippen molar-refractivity contribution in [2.24, 2.45) is 11.8 Å². The summed E-state index contributed by atoms with van der Waals surface area (Å²) in [6, 6.07) is 12.1. The van der Waals surface area contributed by atoms with Crippen LogP contribution in [-0.4, -0.2) is 43.3 Å². The van der Waals surface area contributed by atoms with Gasteiger partial charge in [-0.1, -0.05) is 24.3 Å². The molecule has 0 spiro atoms. The lowest BCUT2D eigenvalue weighted by Gasteiger charge is -2.27. The van der Waals surface area contributed by atoms with Crippen LogP contribution < -0.4 is 10.1 Å². The number of hydrogen-bond donors (Lipinski definition) is 1. The molecule has 2 aromatic rings.